The highest BCUT2D eigenvalue weighted by Crippen LogP contribution is 2.22. The molecule has 3 aromatic rings. The Morgan fingerprint density at radius 2 is 1.71 bits per heavy atom. The lowest BCUT2D eigenvalue weighted by Gasteiger charge is -2.18. The molecule has 1 unspecified atom stereocenters. The highest BCUT2D eigenvalue weighted by Gasteiger charge is 2.26. The highest BCUT2D eigenvalue weighted by molar-refractivity contribution is 7.91. The predicted octanol–water partition coefficient (Wildman–Crippen LogP) is 2.96. The smallest absolute Gasteiger partial charge is 0.322 e. The van der Waals surface area contributed by atoms with E-state index in [9.17, 15) is 18.0 Å². The van der Waals surface area contributed by atoms with E-state index in [0.29, 0.717) is 17.0 Å². The molecule has 10 heteroatoms. The molecule has 31 heavy (non-hydrogen) atoms. The Labute approximate surface area is 183 Å². The van der Waals surface area contributed by atoms with Crippen LogP contribution >= 0.6 is 11.3 Å². The van der Waals surface area contributed by atoms with Crippen LogP contribution < -0.4 is 14.8 Å². The van der Waals surface area contributed by atoms with Crippen molar-refractivity contribution in [3.05, 3.63) is 77.7 Å². The van der Waals surface area contributed by atoms with Gasteiger partial charge in [0.15, 0.2) is 0 Å². The average Bonchev–Trinajstić information content (AvgIpc) is 3.33. The molecule has 3 rings (SSSR count). The maximum atomic E-state index is 12.8. The minimum absolute atomic E-state index is 0.0807. The van der Waals surface area contributed by atoms with Gasteiger partial charge in [-0.1, -0.05) is 36.4 Å². The van der Waals surface area contributed by atoms with E-state index >= 15 is 0 Å². The molecule has 1 aromatic heterocycles. The van der Waals surface area contributed by atoms with E-state index in [2.05, 4.69) is 10.0 Å². The number of anilines is 1. The molecule has 1 amide bonds. The normalized spacial score (nSPS) is 12.0. The van der Waals surface area contributed by atoms with E-state index in [1.165, 1.54) is 13.2 Å². The Bertz CT molecular complexity index is 1110. The van der Waals surface area contributed by atoms with Crippen molar-refractivity contribution in [1.82, 2.24) is 4.72 Å². The Hall–Kier alpha value is -3.21. The molecular formula is C21H20N2O6S2. The van der Waals surface area contributed by atoms with Gasteiger partial charge in [0.05, 0.1) is 7.11 Å². The summed E-state index contributed by atoms with van der Waals surface area (Å²) < 4.78 is 37.0. The summed E-state index contributed by atoms with van der Waals surface area (Å²) in [6.07, 6.45) is -1.26. The summed E-state index contributed by atoms with van der Waals surface area (Å²) in [5, 5.41) is 4.30. The zero-order valence-corrected chi connectivity index (χ0v) is 18.1. The van der Waals surface area contributed by atoms with Crippen LogP contribution in [-0.4, -0.2) is 33.9 Å². The number of carbonyl (C=O) groups is 2. The van der Waals surface area contributed by atoms with Gasteiger partial charge in [0.2, 0.25) is 6.10 Å². The van der Waals surface area contributed by atoms with Crippen molar-refractivity contribution in [3.8, 4) is 5.75 Å². The first-order valence-electron chi connectivity index (χ1n) is 9.11. The van der Waals surface area contributed by atoms with Crippen LogP contribution in [0.15, 0.2) is 76.3 Å². The Balaban J connectivity index is 1.70. The molecule has 0 aliphatic rings. The van der Waals surface area contributed by atoms with E-state index in [4.69, 9.17) is 9.47 Å². The van der Waals surface area contributed by atoms with E-state index in [1.807, 2.05) is 0 Å². The van der Waals surface area contributed by atoms with E-state index in [1.54, 1.807) is 66.0 Å². The number of carbonyl (C=O) groups excluding carboxylic acids is 2. The molecule has 0 saturated carbocycles. The van der Waals surface area contributed by atoms with Gasteiger partial charge in [0, 0.05) is 11.3 Å². The topological polar surface area (TPSA) is 111 Å². The molecule has 2 aromatic carbocycles. The first-order valence-corrected chi connectivity index (χ1v) is 11.5. The number of thiophene rings is 1. The fourth-order valence-corrected chi connectivity index (χ4v) is 4.60. The van der Waals surface area contributed by atoms with E-state index in [0.717, 1.165) is 11.3 Å². The number of sulfonamides is 1. The molecule has 0 bridgehead atoms. The summed E-state index contributed by atoms with van der Waals surface area (Å²) in [6, 6.07) is 18.1. The van der Waals surface area contributed by atoms with Crippen LogP contribution in [0.3, 0.4) is 0 Å². The first kappa shape index (κ1) is 22.5. The molecule has 0 saturated heterocycles. The maximum Gasteiger partial charge on any atom is 0.322 e. The van der Waals surface area contributed by atoms with Crippen LogP contribution in [-0.2, 0) is 24.3 Å². The molecule has 8 nitrogen and oxygen atoms in total. The fourth-order valence-electron chi connectivity index (χ4n) is 2.60. The number of benzene rings is 2. The molecule has 0 spiro atoms. The van der Waals surface area contributed by atoms with Crippen molar-refractivity contribution in [1.29, 1.82) is 0 Å². The molecule has 0 aliphatic heterocycles. The lowest BCUT2D eigenvalue weighted by atomic mass is 10.1. The predicted molar refractivity (Wildman–Crippen MR) is 116 cm³/mol. The van der Waals surface area contributed by atoms with Gasteiger partial charge >= 0.3 is 5.97 Å². The summed E-state index contributed by atoms with van der Waals surface area (Å²) in [6.45, 7) is -0.612. The van der Waals surface area contributed by atoms with Crippen LogP contribution in [0.25, 0.3) is 0 Å². The molecule has 1 heterocycles. The van der Waals surface area contributed by atoms with Crippen LogP contribution in [0.1, 0.15) is 11.7 Å². The number of methoxy groups -OCH3 is 1. The van der Waals surface area contributed by atoms with Crippen molar-refractivity contribution in [2.75, 3.05) is 19.0 Å². The zero-order valence-electron chi connectivity index (χ0n) is 16.5. The number of rotatable bonds is 9. The van der Waals surface area contributed by atoms with Gasteiger partial charge in [0.1, 0.15) is 16.5 Å². The second-order valence-corrected chi connectivity index (χ2v) is 9.20. The molecule has 162 valence electrons. The first-order chi connectivity index (χ1) is 14.9. The number of hydrogen-bond acceptors (Lipinski definition) is 7. The average molecular weight is 461 g/mol. The van der Waals surface area contributed by atoms with Gasteiger partial charge in [-0.05, 0) is 35.7 Å². The van der Waals surface area contributed by atoms with Crippen LogP contribution in [0.2, 0.25) is 0 Å². The standard InChI is InChI=1S/C21H20N2O6S2/c1-28-17-11-9-16(10-12-17)23-21(25)20(15-6-3-2-4-7-15)29-18(24)14-22-31(26,27)19-8-5-13-30-19/h2-13,20,22H,14H2,1H3,(H,23,25). The fraction of sp³-hybridized carbons (Fsp3) is 0.143. The van der Waals surface area contributed by atoms with Gasteiger partial charge in [-0.2, -0.15) is 4.72 Å². The van der Waals surface area contributed by atoms with Gasteiger partial charge in [-0.15, -0.1) is 11.3 Å². The molecule has 0 aliphatic carbocycles. The van der Waals surface area contributed by atoms with Crippen LogP contribution in [0.5, 0.6) is 5.75 Å². The number of esters is 1. The third kappa shape index (κ3) is 6.14. The Morgan fingerprint density at radius 1 is 1.00 bits per heavy atom. The summed E-state index contributed by atoms with van der Waals surface area (Å²) in [4.78, 5) is 25.2. The summed E-state index contributed by atoms with van der Waals surface area (Å²) in [7, 11) is -2.30. The monoisotopic (exact) mass is 460 g/mol. The lowest BCUT2D eigenvalue weighted by Crippen LogP contribution is -2.33. The van der Waals surface area contributed by atoms with Crippen molar-refractivity contribution in [2.24, 2.45) is 0 Å². The Morgan fingerprint density at radius 3 is 2.32 bits per heavy atom. The molecular weight excluding hydrogens is 440 g/mol. The number of ether oxygens (including phenoxy) is 2. The van der Waals surface area contributed by atoms with Crippen molar-refractivity contribution in [2.45, 2.75) is 10.3 Å². The molecule has 0 fully saturated rings. The number of nitrogens with one attached hydrogen (secondary N) is 2. The summed E-state index contributed by atoms with van der Waals surface area (Å²) in [5.74, 6) is -0.841. The molecule has 0 radical (unpaired) electrons. The third-order valence-electron chi connectivity index (χ3n) is 4.11. The summed E-state index contributed by atoms with van der Waals surface area (Å²) in [5.41, 5.74) is 0.934. The van der Waals surface area contributed by atoms with E-state index in [-0.39, 0.29) is 4.21 Å². The van der Waals surface area contributed by atoms with Crippen molar-refractivity contribution in [3.63, 3.8) is 0 Å². The molecule has 2 N–H and O–H groups in total. The number of hydrogen-bond donors (Lipinski definition) is 2. The van der Waals surface area contributed by atoms with Gasteiger partial charge in [-0.25, -0.2) is 8.42 Å². The van der Waals surface area contributed by atoms with Crippen LogP contribution in [0, 0.1) is 0 Å². The maximum absolute atomic E-state index is 12.8. The van der Waals surface area contributed by atoms with Gasteiger partial charge < -0.3 is 14.8 Å². The van der Waals surface area contributed by atoms with Gasteiger partial charge in [-0.3, -0.25) is 9.59 Å². The third-order valence-corrected chi connectivity index (χ3v) is 6.91. The zero-order chi connectivity index (χ0) is 22.3. The summed E-state index contributed by atoms with van der Waals surface area (Å²) >= 11 is 1.03. The van der Waals surface area contributed by atoms with Gasteiger partial charge in [0.25, 0.3) is 15.9 Å². The quantitative estimate of drug-likeness (QED) is 0.475. The van der Waals surface area contributed by atoms with E-state index < -0.39 is 34.5 Å². The lowest BCUT2D eigenvalue weighted by molar-refractivity contribution is -0.153. The largest absolute Gasteiger partial charge is 0.497 e. The van der Waals surface area contributed by atoms with Crippen molar-refractivity contribution < 1.29 is 27.5 Å². The highest BCUT2D eigenvalue weighted by atomic mass is 32.2. The number of amides is 1. The van der Waals surface area contributed by atoms with Crippen LogP contribution in [0.4, 0.5) is 5.69 Å². The van der Waals surface area contributed by atoms with Crippen molar-refractivity contribution >= 4 is 38.9 Å². The SMILES string of the molecule is COc1ccc(NC(=O)C(OC(=O)CNS(=O)(=O)c2cccs2)c2ccccc2)cc1. The second kappa shape index (κ2) is 10.2. The minimum Gasteiger partial charge on any atom is -0.497 e. The second-order valence-electron chi connectivity index (χ2n) is 6.25. The Kier molecular flexibility index (Phi) is 7.40. The molecule has 1 atom stereocenters. The minimum atomic E-state index is -3.83.